The van der Waals surface area contributed by atoms with Crippen molar-refractivity contribution in [2.75, 3.05) is 20.2 Å². The molecule has 0 N–H and O–H groups in total. The molecule has 2 unspecified atom stereocenters. The van der Waals surface area contributed by atoms with Crippen LogP contribution in [-0.4, -0.2) is 37.1 Å². The molecule has 0 aromatic heterocycles. The summed E-state index contributed by atoms with van der Waals surface area (Å²) >= 11 is 0. The highest BCUT2D eigenvalue weighted by molar-refractivity contribution is 5.77. The van der Waals surface area contributed by atoms with E-state index in [1.165, 1.54) is 39.2 Å². The van der Waals surface area contributed by atoms with Gasteiger partial charge < -0.3 is 4.74 Å². The quantitative estimate of drug-likeness (QED) is 0.736. The second-order valence-corrected chi connectivity index (χ2v) is 6.88. The van der Waals surface area contributed by atoms with Gasteiger partial charge in [-0.15, -0.1) is 0 Å². The lowest BCUT2D eigenvalue weighted by molar-refractivity contribution is -0.153. The smallest absolute Gasteiger partial charge is 0.313 e. The van der Waals surface area contributed by atoms with Crippen molar-refractivity contribution in [2.24, 2.45) is 17.3 Å². The number of nitrogens with zero attached hydrogens (tertiary/aromatic N) is 1. The number of hydrogen-bond donors (Lipinski definition) is 0. The Bertz CT molecular complexity index is 325. The first kappa shape index (κ1) is 14.8. The molecule has 1 aliphatic heterocycles. The Morgan fingerprint density at radius 1 is 1.32 bits per heavy atom. The van der Waals surface area contributed by atoms with Gasteiger partial charge in [0.15, 0.2) is 0 Å². The summed E-state index contributed by atoms with van der Waals surface area (Å²) in [5.41, 5.74) is -0.322. The average molecular weight is 267 g/mol. The van der Waals surface area contributed by atoms with Crippen molar-refractivity contribution in [2.45, 2.75) is 58.9 Å². The molecule has 0 amide bonds. The fourth-order valence-corrected chi connectivity index (χ4v) is 3.92. The van der Waals surface area contributed by atoms with Crippen LogP contribution in [0.1, 0.15) is 52.9 Å². The second kappa shape index (κ2) is 5.82. The molecular formula is C16H29NO2. The predicted molar refractivity (Wildman–Crippen MR) is 76.9 cm³/mol. The monoisotopic (exact) mass is 267 g/mol. The van der Waals surface area contributed by atoms with Gasteiger partial charge >= 0.3 is 5.97 Å². The molecule has 3 nitrogen and oxygen atoms in total. The molecule has 1 heterocycles. The normalized spacial score (nSPS) is 35.3. The first-order valence-corrected chi connectivity index (χ1v) is 7.81. The molecular weight excluding hydrogens is 238 g/mol. The summed E-state index contributed by atoms with van der Waals surface area (Å²) in [7, 11) is 1.51. The Morgan fingerprint density at radius 3 is 2.53 bits per heavy atom. The zero-order chi connectivity index (χ0) is 14.0. The summed E-state index contributed by atoms with van der Waals surface area (Å²) in [5, 5.41) is 0. The molecule has 0 aromatic rings. The minimum Gasteiger partial charge on any atom is -0.469 e. The fourth-order valence-electron chi connectivity index (χ4n) is 3.92. The third kappa shape index (κ3) is 2.81. The molecule has 0 aromatic carbocycles. The van der Waals surface area contributed by atoms with Gasteiger partial charge in [-0.25, -0.2) is 0 Å². The van der Waals surface area contributed by atoms with Gasteiger partial charge in [0.1, 0.15) is 0 Å². The second-order valence-electron chi connectivity index (χ2n) is 6.88. The van der Waals surface area contributed by atoms with Crippen molar-refractivity contribution in [1.82, 2.24) is 4.90 Å². The third-order valence-corrected chi connectivity index (χ3v) is 5.69. The Hall–Kier alpha value is -0.570. The standard InChI is InChI=1S/C16H29NO2/c1-12-10-17(11-16(12,3)15(18)19-4)13(2)14-8-6-5-7-9-14/h12-14H,5-11H2,1-4H3/t12?,13-,16?/m0/s1. The molecule has 2 fully saturated rings. The number of carbonyl (C=O) groups excluding carboxylic acids is 1. The Balaban J connectivity index is 2.01. The lowest BCUT2D eigenvalue weighted by Crippen LogP contribution is -2.41. The lowest BCUT2D eigenvalue weighted by atomic mass is 9.81. The molecule has 2 aliphatic rings. The maximum Gasteiger partial charge on any atom is 0.313 e. The van der Waals surface area contributed by atoms with Crippen molar-refractivity contribution in [3.05, 3.63) is 0 Å². The van der Waals surface area contributed by atoms with E-state index in [-0.39, 0.29) is 11.4 Å². The van der Waals surface area contributed by atoms with E-state index in [9.17, 15) is 4.79 Å². The number of ether oxygens (including phenoxy) is 1. The highest BCUT2D eigenvalue weighted by atomic mass is 16.5. The molecule has 19 heavy (non-hydrogen) atoms. The third-order valence-electron chi connectivity index (χ3n) is 5.69. The number of esters is 1. The van der Waals surface area contributed by atoms with E-state index >= 15 is 0 Å². The van der Waals surface area contributed by atoms with Gasteiger partial charge in [-0.3, -0.25) is 9.69 Å². The summed E-state index contributed by atoms with van der Waals surface area (Å²) in [6.07, 6.45) is 6.89. The lowest BCUT2D eigenvalue weighted by Gasteiger charge is -2.35. The van der Waals surface area contributed by atoms with E-state index in [1.54, 1.807) is 0 Å². The van der Waals surface area contributed by atoms with Crippen molar-refractivity contribution in [3.8, 4) is 0 Å². The largest absolute Gasteiger partial charge is 0.469 e. The zero-order valence-corrected chi connectivity index (χ0v) is 12.9. The molecule has 0 bridgehead atoms. The van der Waals surface area contributed by atoms with Crippen LogP contribution in [0.5, 0.6) is 0 Å². The summed E-state index contributed by atoms with van der Waals surface area (Å²) in [4.78, 5) is 14.6. The maximum atomic E-state index is 12.0. The molecule has 3 heteroatoms. The summed E-state index contributed by atoms with van der Waals surface area (Å²) in [5.74, 6) is 1.16. The Labute approximate surface area is 117 Å². The van der Waals surface area contributed by atoms with Gasteiger partial charge in [-0.1, -0.05) is 26.2 Å². The van der Waals surface area contributed by atoms with Crippen LogP contribution in [0.4, 0.5) is 0 Å². The minimum atomic E-state index is -0.322. The maximum absolute atomic E-state index is 12.0. The van der Waals surface area contributed by atoms with E-state index in [4.69, 9.17) is 4.74 Å². The van der Waals surface area contributed by atoms with Gasteiger partial charge in [-0.2, -0.15) is 0 Å². The molecule has 0 radical (unpaired) electrons. The highest BCUT2D eigenvalue weighted by Crippen LogP contribution is 2.40. The Kier molecular flexibility index (Phi) is 4.54. The minimum absolute atomic E-state index is 0.0432. The SMILES string of the molecule is COC(=O)C1(C)CN([C@@H](C)C2CCCCC2)CC1C. The van der Waals surface area contributed by atoms with Crippen LogP contribution in [0, 0.1) is 17.3 Å². The van der Waals surface area contributed by atoms with Gasteiger partial charge in [0, 0.05) is 19.1 Å². The molecule has 2 rings (SSSR count). The molecule has 1 aliphatic carbocycles. The van der Waals surface area contributed by atoms with Gasteiger partial charge in [0.05, 0.1) is 12.5 Å². The predicted octanol–water partition coefficient (Wildman–Crippen LogP) is 3.09. The van der Waals surface area contributed by atoms with E-state index in [1.807, 2.05) is 0 Å². The Morgan fingerprint density at radius 2 is 1.95 bits per heavy atom. The number of methoxy groups -OCH3 is 1. The molecule has 3 atom stereocenters. The van der Waals surface area contributed by atoms with Crippen LogP contribution in [0.25, 0.3) is 0 Å². The first-order valence-electron chi connectivity index (χ1n) is 7.81. The van der Waals surface area contributed by atoms with E-state index < -0.39 is 0 Å². The van der Waals surface area contributed by atoms with E-state index in [0.717, 1.165) is 19.0 Å². The summed E-state index contributed by atoms with van der Waals surface area (Å²) < 4.78 is 5.02. The number of hydrogen-bond acceptors (Lipinski definition) is 3. The van der Waals surface area contributed by atoms with E-state index in [0.29, 0.717) is 12.0 Å². The van der Waals surface area contributed by atoms with Crippen LogP contribution in [0.3, 0.4) is 0 Å². The van der Waals surface area contributed by atoms with Crippen LogP contribution in [0.15, 0.2) is 0 Å². The highest BCUT2D eigenvalue weighted by Gasteiger charge is 2.48. The number of rotatable bonds is 3. The molecule has 1 saturated heterocycles. The zero-order valence-electron chi connectivity index (χ0n) is 12.9. The van der Waals surface area contributed by atoms with E-state index in [2.05, 4.69) is 25.7 Å². The van der Waals surface area contributed by atoms with Crippen molar-refractivity contribution in [3.63, 3.8) is 0 Å². The van der Waals surface area contributed by atoms with Crippen LogP contribution >= 0.6 is 0 Å². The van der Waals surface area contributed by atoms with Crippen LogP contribution < -0.4 is 0 Å². The van der Waals surface area contributed by atoms with Crippen LogP contribution in [0.2, 0.25) is 0 Å². The van der Waals surface area contributed by atoms with Gasteiger partial charge in [-0.05, 0) is 38.5 Å². The molecule has 1 saturated carbocycles. The van der Waals surface area contributed by atoms with Crippen molar-refractivity contribution >= 4 is 5.97 Å². The van der Waals surface area contributed by atoms with Crippen molar-refractivity contribution < 1.29 is 9.53 Å². The van der Waals surface area contributed by atoms with Gasteiger partial charge in [0.2, 0.25) is 0 Å². The number of likely N-dealkylation sites (tertiary alicyclic amines) is 1. The first-order chi connectivity index (χ1) is 8.99. The summed E-state index contributed by atoms with van der Waals surface area (Å²) in [6, 6.07) is 0.606. The van der Waals surface area contributed by atoms with Crippen molar-refractivity contribution in [1.29, 1.82) is 0 Å². The average Bonchev–Trinajstić information content (AvgIpc) is 2.75. The number of carbonyl (C=O) groups is 1. The fraction of sp³-hybridized carbons (Fsp3) is 0.938. The van der Waals surface area contributed by atoms with Gasteiger partial charge in [0.25, 0.3) is 0 Å². The summed E-state index contributed by atoms with van der Waals surface area (Å²) in [6.45, 7) is 8.50. The van der Waals surface area contributed by atoms with Crippen LogP contribution in [-0.2, 0) is 9.53 Å². The topological polar surface area (TPSA) is 29.5 Å². The molecule has 0 spiro atoms. The molecule has 110 valence electrons.